The fourth-order valence-corrected chi connectivity index (χ4v) is 3.23. The molecule has 1 atom stereocenters. The van der Waals surface area contributed by atoms with Gasteiger partial charge in [0, 0.05) is 4.90 Å². The van der Waals surface area contributed by atoms with Crippen LogP contribution in [0.1, 0.15) is 31.8 Å². The topological polar surface area (TPSA) is 112 Å². The fraction of sp³-hybridized carbons (Fsp3) is 0.353. The summed E-state index contributed by atoms with van der Waals surface area (Å²) in [6.45, 7) is 5.99. The zero-order valence-electron chi connectivity index (χ0n) is 14.7. The normalized spacial score (nSPS) is 12.5. The lowest BCUT2D eigenvalue weighted by molar-refractivity contribution is 0.341. The Morgan fingerprint density at radius 3 is 2.73 bits per heavy atom. The Balaban J connectivity index is 2.28. The van der Waals surface area contributed by atoms with Gasteiger partial charge in [0.25, 0.3) is 0 Å². The maximum atomic E-state index is 12.6. The van der Waals surface area contributed by atoms with Crippen LogP contribution < -0.4 is 10.4 Å². The van der Waals surface area contributed by atoms with E-state index in [1.807, 2.05) is 13.8 Å². The standard InChI is InChI=1S/C17H20N4O4S/c1-4-6-13-16-19-15(20-17(22)21(16)10(3)18-13)12-9-11(26(23)24)7-8-14(12)25-5-2/h7-9H,4-6H2,1-3H3,(H,23,24)(H,19,20,22)/p-1. The molecule has 0 amide bonds. The van der Waals surface area contributed by atoms with Crippen LogP contribution in [0.4, 0.5) is 0 Å². The average Bonchev–Trinajstić information content (AvgIpc) is 2.92. The maximum absolute atomic E-state index is 12.6. The summed E-state index contributed by atoms with van der Waals surface area (Å²) in [5.74, 6) is 1.25. The molecular weight excluding hydrogens is 356 g/mol. The number of imidazole rings is 1. The van der Waals surface area contributed by atoms with E-state index in [4.69, 9.17) is 4.74 Å². The first-order valence-corrected chi connectivity index (χ1v) is 9.38. The number of rotatable bonds is 6. The van der Waals surface area contributed by atoms with E-state index >= 15 is 0 Å². The van der Waals surface area contributed by atoms with Crippen molar-refractivity contribution >= 4 is 16.7 Å². The van der Waals surface area contributed by atoms with Crippen LogP contribution in [-0.2, 0) is 17.5 Å². The van der Waals surface area contributed by atoms with Crippen molar-refractivity contribution < 1.29 is 13.5 Å². The van der Waals surface area contributed by atoms with E-state index in [-0.39, 0.29) is 16.4 Å². The van der Waals surface area contributed by atoms with Crippen LogP contribution in [0.2, 0.25) is 0 Å². The van der Waals surface area contributed by atoms with E-state index in [0.29, 0.717) is 35.8 Å². The van der Waals surface area contributed by atoms with E-state index in [1.54, 1.807) is 13.0 Å². The minimum Gasteiger partial charge on any atom is -0.768 e. The molecule has 0 aliphatic rings. The molecule has 3 rings (SSSR count). The lowest BCUT2D eigenvalue weighted by Crippen LogP contribution is -2.19. The first-order valence-electron chi connectivity index (χ1n) is 8.31. The van der Waals surface area contributed by atoms with Gasteiger partial charge in [-0.05, 0) is 49.5 Å². The number of ether oxygens (including phenoxy) is 1. The van der Waals surface area contributed by atoms with Gasteiger partial charge in [0.15, 0.2) is 5.65 Å². The Bertz CT molecular complexity index is 1040. The van der Waals surface area contributed by atoms with Gasteiger partial charge in [-0.15, -0.1) is 0 Å². The lowest BCUT2D eigenvalue weighted by atomic mass is 10.2. The van der Waals surface area contributed by atoms with Crippen molar-refractivity contribution in [3.8, 4) is 17.1 Å². The summed E-state index contributed by atoms with van der Waals surface area (Å²) in [6.07, 6.45) is 1.56. The number of aromatic amines is 1. The molecule has 0 radical (unpaired) electrons. The third-order valence-corrected chi connectivity index (χ3v) is 4.56. The third-order valence-electron chi connectivity index (χ3n) is 3.92. The average molecular weight is 375 g/mol. The number of nitrogens with zero attached hydrogens (tertiary/aromatic N) is 3. The highest BCUT2D eigenvalue weighted by Crippen LogP contribution is 2.30. The minimum absolute atomic E-state index is 0.0874. The largest absolute Gasteiger partial charge is 0.768 e. The summed E-state index contributed by atoms with van der Waals surface area (Å²) in [5.41, 5.74) is 1.24. The van der Waals surface area contributed by atoms with Crippen molar-refractivity contribution in [3.63, 3.8) is 0 Å². The zero-order chi connectivity index (χ0) is 18.8. The van der Waals surface area contributed by atoms with Crippen molar-refractivity contribution in [1.82, 2.24) is 19.4 Å². The maximum Gasteiger partial charge on any atom is 0.334 e. The minimum atomic E-state index is -2.40. The Morgan fingerprint density at radius 1 is 1.31 bits per heavy atom. The van der Waals surface area contributed by atoms with E-state index in [2.05, 4.69) is 15.0 Å². The van der Waals surface area contributed by atoms with Gasteiger partial charge >= 0.3 is 5.69 Å². The van der Waals surface area contributed by atoms with Gasteiger partial charge in [-0.2, -0.15) is 0 Å². The third kappa shape index (κ3) is 3.27. The number of benzene rings is 1. The van der Waals surface area contributed by atoms with Crippen molar-refractivity contribution in [3.05, 3.63) is 40.2 Å². The molecule has 1 unspecified atom stereocenters. The fourth-order valence-electron chi connectivity index (χ4n) is 2.84. The molecule has 0 bridgehead atoms. The number of H-pyrrole nitrogens is 1. The molecule has 2 heterocycles. The summed E-state index contributed by atoms with van der Waals surface area (Å²) in [5, 5.41) is 0. The van der Waals surface area contributed by atoms with Gasteiger partial charge in [0.05, 0.1) is 17.9 Å². The molecule has 9 heteroatoms. The number of hydrogen-bond acceptors (Lipinski definition) is 6. The molecule has 138 valence electrons. The van der Waals surface area contributed by atoms with E-state index < -0.39 is 11.1 Å². The molecule has 0 saturated carbocycles. The highest BCUT2D eigenvalue weighted by Gasteiger charge is 2.17. The van der Waals surface area contributed by atoms with Crippen LogP contribution in [0.3, 0.4) is 0 Å². The monoisotopic (exact) mass is 375 g/mol. The summed E-state index contributed by atoms with van der Waals surface area (Å²) in [6, 6.07) is 4.44. The van der Waals surface area contributed by atoms with Crippen LogP contribution in [-0.4, -0.2) is 34.7 Å². The van der Waals surface area contributed by atoms with E-state index in [0.717, 1.165) is 12.1 Å². The van der Waals surface area contributed by atoms with E-state index in [1.165, 1.54) is 16.5 Å². The first-order chi connectivity index (χ1) is 12.5. The van der Waals surface area contributed by atoms with Crippen molar-refractivity contribution in [1.29, 1.82) is 0 Å². The predicted octanol–water partition coefficient (Wildman–Crippen LogP) is 1.98. The summed E-state index contributed by atoms with van der Waals surface area (Å²) in [7, 11) is 0. The van der Waals surface area contributed by atoms with Crippen LogP contribution in [0.15, 0.2) is 27.9 Å². The lowest BCUT2D eigenvalue weighted by Gasteiger charge is -2.13. The predicted molar refractivity (Wildman–Crippen MR) is 96.1 cm³/mol. The van der Waals surface area contributed by atoms with Gasteiger partial charge in [-0.25, -0.2) is 19.2 Å². The first kappa shape index (κ1) is 18.3. The molecule has 8 nitrogen and oxygen atoms in total. The second kappa shape index (κ2) is 7.38. The summed E-state index contributed by atoms with van der Waals surface area (Å²) >= 11 is -2.40. The molecule has 3 aromatic rings. The van der Waals surface area contributed by atoms with Gasteiger partial charge in [0.1, 0.15) is 17.4 Å². The van der Waals surface area contributed by atoms with Crippen molar-refractivity contribution in [2.24, 2.45) is 0 Å². The van der Waals surface area contributed by atoms with Gasteiger partial charge in [-0.3, -0.25) is 9.19 Å². The second-order valence-corrected chi connectivity index (χ2v) is 6.67. The van der Waals surface area contributed by atoms with Gasteiger partial charge < -0.3 is 9.29 Å². The molecule has 1 aromatic carbocycles. The molecule has 2 aromatic heterocycles. The highest BCUT2D eigenvalue weighted by atomic mass is 32.2. The number of aryl methyl sites for hydroxylation is 2. The molecule has 26 heavy (non-hydrogen) atoms. The smallest absolute Gasteiger partial charge is 0.334 e. The van der Waals surface area contributed by atoms with E-state index in [9.17, 15) is 13.6 Å². The Labute approximate surface area is 152 Å². The highest BCUT2D eigenvalue weighted by molar-refractivity contribution is 7.79. The number of fused-ring (bicyclic) bond motifs is 1. The second-order valence-electron chi connectivity index (χ2n) is 5.73. The molecular formula is C17H19N4O4S-. The van der Waals surface area contributed by atoms with Gasteiger partial charge in [-0.1, -0.05) is 13.3 Å². The zero-order valence-corrected chi connectivity index (χ0v) is 15.6. The Morgan fingerprint density at radius 2 is 2.08 bits per heavy atom. The van der Waals surface area contributed by atoms with Crippen LogP contribution >= 0.6 is 0 Å². The quantitative estimate of drug-likeness (QED) is 0.659. The SMILES string of the molecule is CCCc1nc(C)n2c(=O)[nH]c(-c3cc(S(=O)[O-])ccc3OCC)nc12. The van der Waals surface area contributed by atoms with Crippen LogP contribution in [0, 0.1) is 6.92 Å². The molecule has 0 saturated heterocycles. The Hall–Kier alpha value is -2.52. The number of aromatic nitrogens is 4. The molecule has 0 fully saturated rings. The molecule has 0 aliphatic carbocycles. The molecule has 0 aliphatic heterocycles. The number of nitrogens with one attached hydrogen (secondary N) is 1. The van der Waals surface area contributed by atoms with Crippen LogP contribution in [0.5, 0.6) is 5.75 Å². The van der Waals surface area contributed by atoms with Crippen molar-refractivity contribution in [2.75, 3.05) is 6.61 Å². The van der Waals surface area contributed by atoms with Crippen LogP contribution in [0.25, 0.3) is 17.0 Å². The van der Waals surface area contributed by atoms with Gasteiger partial charge in [0.2, 0.25) is 0 Å². The molecule has 1 N–H and O–H groups in total. The summed E-state index contributed by atoms with van der Waals surface area (Å²) in [4.78, 5) is 24.3. The van der Waals surface area contributed by atoms with Crippen molar-refractivity contribution in [2.45, 2.75) is 38.5 Å². The number of hydrogen-bond donors (Lipinski definition) is 1. The molecule has 0 spiro atoms. The Kier molecular flexibility index (Phi) is 5.19. The summed E-state index contributed by atoms with van der Waals surface area (Å²) < 4.78 is 29.7.